The number of nitrogens with zero attached hydrogens (tertiary/aromatic N) is 2. The minimum absolute atomic E-state index is 0.890. The van der Waals surface area contributed by atoms with Gasteiger partial charge >= 0.3 is 0 Å². The van der Waals surface area contributed by atoms with Crippen LogP contribution in [0.15, 0.2) is 63.7 Å². The third-order valence-corrected chi connectivity index (χ3v) is 6.92. The lowest BCUT2D eigenvalue weighted by Gasteiger charge is -2.07. The van der Waals surface area contributed by atoms with Crippen molar-refractivity contribution in [2.24, 2.45) is 0 Å². The third-order valence-electron chi connectivity index (χ3n) is 4.44. The van der Waals surface area contributed by atoms with Crippen molar-refractivity contribution in [1.29, 1.82) is 0 Å². The first kappa shape index (κ1) is 17.7. The van der Waals surface area contributed by atoms with Crippen molar-refractivity contribution in [3.8, 4) is 11.1 Å². The molecular formula is C21H17BrN2S2. The second-order valence-electron chi connectivity index (χ2n) is 6.22. The third kappa shape index (κ3) is 3.56. The molecule has 0 aliphatic carbocycles. The van der Waals surface area contributed by atoms with Crippen LogP contribution in [0, 0.1) is 13.8 Å². The SMILES string of the molecule is Cc1ccc(-c2csc3ncnc(SCc4ccc(Br)cc4)c23)cc1C. The maximum absolute atomic E-state index is 4.59. The molecule has 0 radical (unpaired) electrons. The molecule has 0 aliphatic rings. The van der Waals surface area contributed by atoms with Gasteiger partial charge in [-0.15, -0.1) is 23.1 Å². The van der Waals surface area contributed by atoms with E-state index < -0.39 is 0 Å². The largest absolute Gasteiger partial charge is 0.229 e. The number of hydrogen-bond acceptors (Lipinski definition) is 4. The average molecular weight is 441 g/mol. The monoisotopic (exact) mass is 440 g/mol. The molecule has 2 heterocycles. The minimum Gasteiger partial charge on any atom is -0.229 e. The summed E-state index contributed by atoms with van der Waals surface area (Å²) in [5.41, 5.74) is 6.37. The predicted octanol–water partition coefficient (Wildman–Crippen LogP) is 7.03. The Morgan fingerprint density at radius 2 is 1.81 bits per heavy atom. The lowest BCUT2D eigenvalue weighted by Crippen LogP contribution is -1.88. The van der Waals surface area contributed by atoms with Crippen LogP contribution in [0.5, 0.6) is 0 Å². The molecule has 0 spiro atoms. The summed E-state index contributed by atoms with van der Waals surface area (Å²) in [5, 5.41) is 4.42. The van der Waals surface area contributed by atoms with Gasteiger partial charge in [0.15, 0.2) is 0 Å². The van der Waals surface area contributed by atoms with Crippen LogP contribution in [0.25, 0.3) is 21.3 Å². The molecule has 2 aromatic carbocycles. The van der Waals surface area contributed by atoms with Gasteiger partial charge in [-0.3, -0.25) is 0 Å². The molecule has 0 saturated heterocycles. The van der Waals surface area contributed by atoms with Crippen LogP contribution in [0.2, 0.25) is 0 Å². The highest BCUT2D eigenvalue weighted by Crippen LogP contribution is 2.39. The van der Waals surface area contributed by atoms with Gasteiger partial charge in [-0.1, -0.05) is 46.3 Å². The number of thioether (sulfide) groups is 1. The zero-order chi connectivity index (χ0) is 18.1. The summed E-state index contributed by atoms with van der Waals surface area (Å²) in [7, 11) is 0. The Kier molecular flexibility index (Phi) is 5.11. The summed E-state index contributed by atoms with van der Waals surface area (Å²) in [6.07, 6.45) is 1.67. The van der Waals surface area contributed by atoms with Crippen molar-refractivity contribution in [3.63, 3.8) is 0 Å². The molecule has 2 nitrogen and oxygen atoms in total. The molecule has 0 N–H and O–H groups in total. The average Bonchev–Trinajstić information content (AvgIpc) is 3.08. The zero-order valence-electron chi connectivity index (χ0n) is 14.5. The molecule has 0 atom stereocenters. The summed E-state index contributed by atoms with van der Waals surface area (Å²) in [5.74, 6) is 0.890. The van der Waals surface area contributed by atoms with E-state index in [9.17, 15) is 0 Å². The Bertz CT molecular complexity index is 1070. The van der Waals surface area contributed by atoms with E-state index in [1.165, 1.54) is 33.2 Å². The molecular weight excluding hydrogens is 424 g/mol. The van der Waals surface area contributed by atoms with Gasteiger partial charge in [0, 0.05) is 21.2 Å². The van der Waals surface area contributed by atoms with Gasteiger partial charge in [0.05, 0.1) is 5.39 Å². The minimum atomic E-state index is 0.890. The van der Waals surface area contributed by atoms with Gasteiger partial charge in [0.25, 0.3) is 0 Å². The van der Waals surface area contributed by atoms with Gasteiger partial charge in [0.2, 0.25) is 0 Å². The number of aromatic nitrogens is 2. The molecule has 0 saturated carbocycles. The van der Waals surface area contributed by atoms with Crippen molar-refractivity contribution in [3.05, 3.63) is 75.3 Å². The number of thiophene rings is 1. The van der Waals surface area contributed by atoms with E-state index in [2.05, 4.69) is 87.6 Å². The maximum atomic E-state index is 4.59. The number of aryl methyl sites for hydroxylation is 2. The normalized spacial score (nSPS) is 11.2. The zero-order valence-corrected chi connectivity index (χ0v) is 17.7. The first-order valence-electron chi connectivity index (χ1n) is 8.29. The molecule has 4 aromatic rings. The highest BCUT2D eigenvalue weighted by atomic mass is 79.9. The number of benzene rings is 2. The lowest BCUT2D eigenvalue weighted by atomic mass is 10.0. The van der Waals surface area contributed by atoms with Crippen molar-refractivity contribution >= 4 is 49.2 Å². The molecule has 26 heavy (non-hydrogen) atoms. The fourth-order valence-electron chi connectivity index (χ4n) is 2.81. The number of fused-ring (bicyclic) bond motifs is 1. The smallest absolute Gasteiger partial charge is 0.128 e. The molecule has 0 bridgehead atoms. The first-order valence-corrected chi connectivity index (χ1v) is 10.9. The summed E-state index contributed by atoms with van der Waals surface area (Å²) < 4.78 is 1.10. The lowest BCUT2D eigenvalue weighted by molar-refractivity contribution is 1.11. The van der Waals surface area contributed by atoms with E-state index in [4.69, 9.17) is 0 Å². The van der Waals surface area contributed by atoms with Crippen LogP contribution in [-0.4, -0.2) is 9.97 Å². The molecule has 0 fully saturated rings. The van der Waals surface area contributed by atoms with Gasteiger partial charge < -0.3 is 0 Å². The number of hydrogen-bond donors (Lipinski definition) is 0. The van der Waals surface area contributed by atoms with E-state index in [-0.39, 0.29) is 0 Å². The van der Waals surface area contributed by atoms with Crippen LogP contribution in [-0.2, 0) is 5.75 Å². The van der Waals surface area contributed by atoms with Gasteiger partial charge in [-0.05, 0) is 48.2 Å². The van der Waals surface area contributed by atoms with Crippen LogP contribution >= 0.6 is 39.0 Å². The van der Waals surface area contributed by atoms with Crippen LogP contribution < -0.4 is 0 Å². The van der Waals surface area contributed by atoms with Crippen LogP contribution in [0.1, 0.15) is 16.7 Å². The van der Waals surface area contributed by atoms with Gasteiger partial charge in [-0.2, -0.15) is 0 Å². The van der Waals surface area contributed by atoms with E-state index in [1.807, 2.05) is 0 Å². The Balaban J connectivity index is 1.72. The van der Waals surface area contributed by atoms with E-state index in [0.717, 1.165) is 20.1 Å². The summed E-state index contributed by atoms with van der Waals surface area (Å²) in [6, 6.07) is 15.1. The van der Waals surface area contributed by atoms with Crippen LogP contribution in [0.4, 0.5) is 0 Å². The predicted molar refractivity (Wildman–Crippen MR) is 116 cm³/mol. The van der Waals surface area contributed by atoms with Crippen molar-refractivity contribution in [1.82, 2.24) is 9.97 Å². The molecule has 0 aliphatic heterocycles. The molecule has 4 rings (SSSR count). The Morgan fingerprint density at radius 1 is 1.00 bits per heavy atom. The van der Waals surface area contributed by atoms with Gasteiger partial charge in [0.1, 0.15) is 16.2 Å². The van der Waals surface area contributed by atoms with Crippen LogP contribution in [0.3, 0.4) is 0 Å². The van der Waals surface area contributed by atoms with E-state index in [1.54, 1.807) is 29.4 Å². The Morgan fingerprint density at radius 3 is 2.58 bits per heavy atom. The second-order valence-corrected chi connectivity index (χ2v) is 8.96. The Labute approximate surface area is 169 Å². The number of halogens is 1. The Hall–Kier alpha value is -1.69. The molecule has 2 aromatic heterocycles. The highest BCUT2D eigenvalue weighted by molar-refractivity contribution is 9.10. The van der Waals surface area contributed by atoms with E-state index in [0.29, 0.717) is 0 Å². The topological polar surface area (TPSA) is 25.8 Å². The van der Waals surface area contributed by atoms with Crippen molar-refractivity contribution in [2.45, 2.75) is 24.6 Å². The summed E-state index contributed by atoms with van der Waals surface area (Å²) in [4.78, 5) is 10.1. The van der Waals surface area contributed by atoms with Gasteiger partial charge in [-0.25, -0.2) is 9.97 Å². The molecule has 0 unspecified atom stereocenters. The number of rotatable bonds is 4. The maximum Gasteiger partial charge on any atom is 0.128 e. The second kappa shape index (κ2) is 7.51. The summed E-state index contributed by atoms with van der Waals surface area (Å²) in [6.45, 7) is 4.31. The first-order chi connectivity index (χ1) is 12.6. The molecule has 5 heteroatoms. The van der Waals surface area contributed by atoms with Crippen molar-refractivity contribution in [2.75, 3.05) is 0 Å². The molecule has 130 valence electrons. The fourth-order valence-corrected chi connectivity index (χ4v) is 5.02. The van der Waals surface area contributed by atoms with E-state index >= 15 is 0 Å². The quantitative estimate of drug-likeness (QED) is 0.251. The summed E-state index contributed by atoms with van der Waals surface area (Å²) >= 11 is 6.94. The molecule has 0 amide bonds. The van der Waals surface area contributed by atoms with Crippen molar-refractivity contribution < 1.29 is 0 Å². The fraction of sp³-hybridized carbons (Fsp3) is 0.143. The standard InChI is InChI=1S/C21H17BrN2S2/c1-13-3-6-16(9-14(13)2)18-11-26-21-19(18)20(23-12-24-21)25-10-15-4-7-17(22)8-5-15/h3-9,11-12H,10H2,1-2H3. The highest BCUT2D eigenvalue weighted by Gasteiger charge is 2.14.